The molecule has 4 rings (SSSR count). The van der Waals surface area contributed by atoms with Gasteiger partial charge in [0, 0.05) is 25.0 Å². The fourth-order valence-corrected chi connectivity index (χ4v) is 4.12. The zero-order valence-corrected chi connectivity index (χ0v) is 23.2. The van der Waals surface area contributed by atoms with Gasteiger partial charge in [0.25, 0.3) is 0 Å². The highest BCUT2D eigenvalue weighted by molar-refractivity contribution is 5.93. The first kappa shape index (κ1) is 29.4. The number of phenols is 1. The number of aromatic nitrogens is 2. The summed E-state index contributed by atoms with van der Waals surface area (Å²) in [4.78, 5) is 33.5. The molecule has 11 heteroatoms. The van der Waals surface area contributed by atoms with E-state index in [1.807, 2.05) is 20.8 Å². The van der Waals surface area contributed by atoms with Crippen molar-refractivity contribution in [1.82, 2.24) is 20.2 Å². The number of ether oxygens (including phenoxy) is 2. The highest BCUT2D eigenvalue weighted by Gasteiger charge is 2.34. The predicted octanol–water partition coefficient (Wildman–Crippen LogP) is 5.06. The van der Waals surface area contributed by atoms with E-state index >= 15 is 0 Å². The number of nitrogens with zero attached hydrogens (tertiary/aromatic N) is 3. The van der Waals surface area contributed by atoms with Crippen molar-refractivity contribution in [2.45, 2.75) is 58.6 Å². The number of carbonyl (C=O) groups is 2. The molecule has 1 aromatic heterocycles. The third kappa shape index (κ3) is 7.46. The van der Waals surface area contributed by atoms with Crippen LogP contribution in [0.1, 0.15) is 45.6 Å². The third-order valence-corrected chi connectivity index (χ3v) is 6.06. The Bertz CT molecular complexity index is 1330. The summed E-state index contributed by atoms with van der Waals surface area (Å²) in [7, 11) is 3.05. The first-order valence-electron chi connectivity index (χ1n) is 12.7. The van der Waals surface area contributed by atoms with Crippen molar-refractivity contribution < 1.29 is 28.6 Å². The van der Waals surface area contributed by atoms with Crippen LogP contribution in [0.15, 0.2) is 36.7 Å². The van der Waals surface area contributed by atoms with E-state index in [0.717, 1.165) is 12.8 Å². The summed E-state index contributed by atoms with van der Waals surface area (Å²) in [6, 6.07) is 7.78. The lowest BCUT2D eigenvalue weighted by Crippen LogP contribution is -2.52. The zero-order chi connectivity index (χ0) is 28.7. The average Bonchev–Trinajstić information content (AvgIpc) is 2.90. The normalized spacial score (nSPS) is 15.2. The summed E-state index contributed by atoms with van der Waals surface area (Å²) in [5.41, 5.74) is 0.908. The Balaban J connectivity index is 0.000000224. The largest absolute Gasteiger partial charge is 0.504 e. The van der Waals surface area contributed by atoms with Crippen LogP contribution in [-0.4, -0.2) is 64.3 Å². The standard InChI is InChI=1S/C16H14FN3O2.C12H22N2O3/c1-9-4-3-5-11(15(9)17)20-16-10-6-13(21)14(22-2)7-12(10)18-8-19-16;1-12(2,3)17-11(16)14-8-6-5-7-9(14)10(15)13-4/h3-8,21H,1-2H3,(H,18,19,20);9H,5-8H2,1-4H3,(H,13,15). The zero-order valence-electron chi connectivity index (χ0n) is 23.2. The number of carbonyl (C=O) groups excluding carboxylic acids is 2. The molecule has 1 aliphatic heterocycles. The molecule has 10 nitrogen and oxygen atoms in total. The van der Waals surface area contributed by atoms with Crippen LogP contribution in [-0.2, 0) is 9.53 Å². The van der Waals surface area contributed by atoms with Crippen LogP contribution in [0.3, 0.4) is 0 Å². The summed E-state index contributed by atoms with van der Waals surface area (Å²) in [6.45, 7) is 7.75. The topological polar surface area (TPSA) is 126 Å². The number of methoxy groups -OCH3 is 1. The molecule has 3 N–H and O–H groups in total. The molecule has 39 heavy (non-hydrogen) atoms. The van der Waals surface area contributed by atoms with Gasteiger partial charge in [-0.1, -0.05) is 12.1 Å². The molecule has 1 saturated heterocycles. The maximum Gasteiger partial charge on any atom is 0.410 e. The van der Waals surface area contributed by atoms with Gasteiger partial charge >= 0.3 is 6.09 Å². The molecule has 1 fully saturated rings. The summed E-state index contributed by atoms with van der Waals surface area (Å²) in [6.07, 6.45) is 3.57. The Labute approximate surface area is 227 Å². The molecule has 1 unspecified atom stereocenters. The fraction of sp³-hybridized carbons (Fsp3) is 0.429. The van der Waals surface area contributed by atoms with Gasteiger partial charge in [-0.25, -0.2) is 19.2 Å². The van der Waals surface area contributed by atoms with Crippen molar-refractivity contribution in [3.63, 3.8) is 0 Å². The molecule has 210 valence electrons. The smallest absolute Gasteiger partial charge is 0.410 e. The molecule has 2 aromatic carbocycles. The third-order valence-electron chi connectivity index (χ3n) is 6.06. The number of amides is 2. The van der Waals surface area contributed by atoms with Crippen LogP contribution in [0.4, 0.5) is 20.7 Å². The second-order valence-electron chi connectivity index (χ2n) is 10.1. The number of hydrogen-bond acceptors (Lipinski definition) is 8. The first-order valence-corrected chi connectivity index (χ1v) is 12.7. The van der Waals surface area contributed by atoms with Gasteiger partial charge < -0.3 is 25.2 Å². The number of anilines is 2. The van der Waals surface area contributed by atoms with Crippen molar-refractivity contribution in [1.29, 1.82) is 0 Å². The van der Waals surface area contributed by atoms with E-state index in [0.29, 0.717) is 46.7 Å². The average molecular weight is 542 g/mol. The molecule has 0 bridgehead atoms. The molecular weight excluding hydrogens is 505 g/mol. The summed E-state index contributed by atoms with van der Waals surface area (Å²) >= 11 is 0. The van der Waals surface area contributed by atoms with Crippen LogP contribution >= 0.6 is 0 Å². The number of likely N-dealkylation sites (tertiary alicyclic amines) is 1. The summed E-state index contributed by atoms with van der Waals surface area (Å²) in [5, 5.41) is 16.0. The van der Waals surface area contributed by atoms with Crippen LogP contribution in [0, 0.1) is 12.7 Å². The van der Waals surface area contributed by atoms with Crippen LogP contribution in [0.2, 0.25) is 0 Å². The van der Waals surface area contributed by atoms with Crippen molar-refractivity contribution in [3.8, 4) is 11.5 Å². The Morgan fingerprint density at radius 1 is 1.18 bits per heavy atom. The quantitative estimate of drug-likeness (QED) is 0.419. The van der Waals surface area contributed by atoms with Gasteiger partial charge in [0.15, 0.2) is 11.5 Å². The lowest BCUT2D eigenvalue weighted by molar-refractivity contribution is -0.127. The number of aromatic hydroxyl groups is 1. The molecule has 3 aromatic rings. The van der Waals surface area contributed by atoms with Crippen LogP contribution < -0.4 is 15.4 Å². The predicted molar refractivity (Wildman–Crippen MR) is 147 cm³/mol. The van der Waals surface area contributed by atoms with E-state index in [-0.39, 0.29) is 23.5 Å². The number of nitrogens with one attached hydrogen (secondary N) is 2. The highest BCUT2D eigenvalue weighted by Crippen LogP contribution is 2.34. The molecule has 0 saturated carbocycles. The number of benzene rings is 2. The van der Waals surface area contributed by atoms with E-state index in [9.17, 15) is 19.1 Å². The number of halogens is 1. The number of aryl methyl sites for hydroxylation is 1. The lowest BCUT2D eigenvalue weighted by Gasteiger charge is -2.35. The Morgan fingerprint density at radius 3 is 2.59 bits per heavy atom. The van der Waals surface area contributed by atoms with E-state index in [1.165, 1.54) is 24.4 Å². The summed E-state index contributed by atoms with van der Waals surface area (Å²) < 4.78 is 24.5. The minimum atomic E-state index is -0.526. The lowest BCUT2D eigenvalue weighted by atomic mass is 10.0. The SMILES string of the molecule is CNC(=O)C1CCCCN1C(=O)OC(C)(C)C.COc1cc2ncnc(Nc3cccc(C)c3F)c2cc1O. The molecule has 1 aliphatic rings. The van der Waals surface area contributed by atoms with Crippen molar-refractivity contribution in [2.75, 3.05) is 26.0 Å². The second kappa shape index (κ2) is 12.6. The molecule has 2 heterocycles. The molecule has 0 spiro atoms. The summed E-state index contributed by atoms with van der Waals surface area (Å²) in [5.74, 6) is 0.242. The van der Waals surface area contributed by atoms with Gasteiger partial charge in [0.2, 0.25) is 5.91 Å². The Morgan fingerprint density at radius 2 is 1.92 bits per heavy atom. The second-order valence-corrected chi connectivity index (χ2v) is 10.1. The number of phenolic OH excluding ortho intramolecular Hbond substituents is 1. The van der Waals surface area contributed by atoms with Crippen molar-refractivity contribution >= 4 is 34.4 Å². The fourth-order valence-electron chi connectivity index (χ4n) is 4.12. The minimum Gasteiger partial charge on any atom is -0.504 e. The number of likely N-dealkylation sites (N-methyl/N-ethyl adjacent to an activating group) is 1. The number of fused-ring (bicyclic) bond motifs is 1. The van der Waals surface area contributed by atoms with Gasteiger partial charge in [-0.15, -0.1) is 0 Å². The van der Waals surface area contributed by atoms with E-state index in [2.05, 4.69) is 20.6 Å². The maximum atomic E-state index is 14.1. The minimum absolute atomic E-state index is 0.0300. The monoisotopic (exact) mass is 541 g/mol. The Kier molecular flexibility index (Phi) is 9.50. The number of piperidine rings is 1. The van der Waals surface area contributed by atoms with Crippen LogP contribution in [0.5, 0.6) is 11.5 Å². The molecule has 1 atom stereocenters. The Hall–Kier alpha value is -4.15. The molecule has 0 aliphatic carbocycles. The molecule has 2 amide bonds. The maximum absolute atomic E-state index is 14.1. The van der Waals surface area contributed by atoms with Gasteiger partial charge in [0.05, 0.1) is 18.3 Å². The van der Waals surface area contributed by atoms with E-state index < -0.39 is 11.7 Å². The molecular formula is C28H36FN5O5. The number of hydrogen-bond donors (Lipinski definition) is 3. The first-order chi connectivity index (χ1) is 18.4. The van der Waals surface area contributed by atoms with Crippen molar-refractivity contribution in [3.05, 3.63) is 48.0 Å². The van der Waals surface area contributed by atoms with Gasteiger partial charge in [-0.3, -0.25) is 9.69 Å². The molecule has 0 radical (unpaired) electrons. The van der Waals surface area contributed by atoms with E-state index in [1.54, 1.807) is 38.2 Å². The van der Waals surface area contributed by atoms with Crippen molar-refractivity contribution in [2.24, 2.45) is 0 Å². The van der Waals surface area contributed by atoms with E-state index in [4.69, 9.17) is 9.47 Å². The number of rotatable bonds is 4. The van der Waals surface area contributed by atoms with Gasteiger partial charge in [0.1, 0.15) is 29.6 Å². The van der Waals surface area contributed by atoms with Gasteiger partial charge in [-0.05, 0) is 64.7 Å². The van der Waals surface area contributed by atoms with Gasteiger partial charge in [-0.2, -0.15) is 0 Å². The van der Waals surface area contributed by atoms with Crippen LogP contribution in [0.25, 0.3) is 10.9 Å². The highest BCUT2D eigenvalue weighted by atomic mass is 19.1.